The Morgan fingerprint density at radius 2 is 2.11 bits per heavy atom. The van der Waals surface area contributed by atoms with Gasteiger partial charge in [0.05, 0.1) is 6.04 Å². The highest BCUT2D eigenvalue weighted by Crippen LogP contribution is 2.11. The van der Waals surface area contributed by atoms with Crippen LogP contribution in [-0.2, 0) is 11.2 Å². The maximum Gasteiger partial charge on any atom is 0.237 e. The van der Waals surface area contributed by atoms with Crippen LogP contribution in [0.2, 0.25) is 0 Å². The predicted octanol–water partition coefficient (Wildman–Crippen LogP) is 1.78. The van der Waals surface area contributed by atoms with Gasteiger partial charge >= 0.3 is 0 Å². The highest BCUT2D eigenvalue weighted by atomic mass is 16.2. The maximum atomic E-state index is 12.0. The average Bonchev–Trinajstić information content (AvgIpc) is 2.41. The van der Waals surface area contributed by atoms with Crippen molar-refractivity contribution in [3.63, 3.8) is 0 Å². The van der Waals surface area contributed by atoms with Gasteiger partial charge in [0, 0.05) is 6.04 Å². The highest BCUT2D eigenvalue weighted by Gasteiger charge is 2.18. The fourth-order valence-corrected chi connectivity index (χ4v) is 2.19. The molecule has 0 heterocycles. The van der Waals surface area contributed by atoms with Crippen molar-refractivity contribution in [1.29, 1.82) is 0 Å². The maximum absolute atomic E-state index is 12.0. The fourth-order valence-electron chi connectivity index (χ4n) is 2.19. The molecule has 1 aromatic rings. The number of hydrogen-bond donors (Lipinski definition) is 2. The van der Waals surface area contributed by atoms with Crippen molar-refractivity contribution in [3.05, 3.63) is 48.0 Å². The second kappa shape index (κ2) is 6.36. The number of amides is 1. The van der Waals surface area contributed by atoms with Crippen LogP contribution in [0.5, 0.6) is 0 Å². The van der Waals surface area contributed by atoms with Gasteiger partial charge in [-0.15, -0.1) is 0 Å². The lowest BCUT2D eigenvalue weighted by molar-refractivity contribution is -0.123. The second-order valence-electron chi connectivity index (χ2n) is 4.79. The number of allylic oxidation sites excluding steroid dienone is 1. The predicted molar refractivity (Wildman–Crippen MR) is 73.0 cm³/mol. The molecule has 18 heavy (non-hydrogen) atoms. The van der Waals surface area contributed by atoms with Crippen molar-refractivity contribution in [1.82, 2.24) is 5.32 Å². The number of nitrogens with two attached hydrogens (primary N) is 1. The second-order valence-corrected chi connectivity index (χ2v) is 4.79. The molecule has 3 heteroatoms. The summed E-state index contributed by atoms with van der Waals surface area (Å²) in [5.74, 6) is -0.0425. The first-order valence-corrected chi connectivity index (χ1v) is 6.50. The van der Waals surface area contributed by atoms with Crippen LogP contribution in [0.25, 0.3) is 0 Å². The molecule has 2 atom stereocenters. The van der Waals surface area contributed by atoms with E-state index in [1.807, 2.05) is 30.3 Å². The van der Waals surface area contributed by atoms with Crippen LogP contribution in [-0.4, -0.2) is 18.0 Å². The Kier molecular flexibility index (Phi) is 4.53. The van der Waals surface area contributed by atoms with Gasteiger partial charge in [-0.3, -0.25) is 4.79 Å². The van der Waals surface area contributed by atoms with Gasteiger partial charge in [-0.25, -0.2) is 0 Å². The summed E-state index contributed by atoms with van der Waals surface area (Å²) in [5.41, 5.74) is 7.04. The SMILES string of the molecule is NC(Cc1ccccc1)C(=O)NC1CC=CCC1. The highest BCUT2D eigenvalue weighted by molar-refractivity contribution is 5.82. The van der Waals surface area contributed by atoms with Crippen molar-refractivity contribution in [2.24, 2.45) is 5.73 Å². The molecular weight excluding hydrogens is 224 g/mol. The molecule has 2 unspecified atom stereocenters. The molecule has 0 aromatic heterocycles. The summed E-state index contributed by atoms with van der Waals surface area (Å²) in [5, 5.41) is 3.02. The Morgan fingerprint density at radius 3 is 2.78 bits per heavy atom. The summed E-state index contributed by atoms with van der Waals surface area (Å²) >= 11 is 0. The van der Waals surface area contributed by atoms with Gasteiger partial charge in [0.25, 0.3) is 0 Å². The van der Waals surface area contributed by atoms with E-state index in [0.717, 1.165) is 24.8 Å². The molecule has 1 amide bonds. The van der Waals surface area contributed by atoms with E-state index < -0.39 is 6.04 Å². The zero-order chi connectivity index (χ0) is 12.8. The molecule has 0 aliphatic heterocycles. The normalized spacial score (nSPS) is 20.4. The monoisotopic (exact) mass is 244 g/mol. The Balaban J connectivity index is 1.83. The van der Waals surface area contributed by atoms with Crippen LogP contribution in [0, 0.1) is 0 Å². The third-order valence-corrected chi connectivity index (χ3v) is 3.25. The quantitative estimate of drug-likeness (QED) is 0.793. The molecule has 0 saturated carbocycles. The van der Waals surface area contributed by atoms with E-state index in [0.29, 0.717) is 6.42 Å². The van der Waals surface area contributed by atoms with Gasteiger partial charge in [0.2, 0.25) is 5.91 Å². The number of hydrogen-bond acceptors (Lipinski definition) is 2. The van der Waals surface area contributed by atoms with E-state index in [1.54, 1.807) is 0 Å². The summed E-state index contributed by atoms with van der Waals surface area (Å²) in [6.07, 6.45) is 7.85. The fraction of sp³-hybridized carbons (Fsp3) is 0.400. The zero-order valence-electron chi connectivity index (χ0n) is 10.5. The van der Waals surface area contributed by atoms with Gasteiger partial charge in [-0.2, -0.15) is 0 Å². The average molecular weight is 244 g/mol. The van der Waals surface area contributed by atoms with Crippen LogP contribution in [0.3, 0.4) is 0 Å². The van der Waals surface area contributed by atoms with Crippen molar-refractivity contribution in [2.45, 2.75) is 37.8 Å². The molecule has 1 aromatic carbocycles. The van der Waals surface area contributed by atoms with E-state index in [1.165, 1.54) is 0 Å². The minimum Gasteiger partial charge on any atom is -0.352 e. The molecule has 0 spiro atoms. The number of carbonyl (C=O) groups is 1. The third-order valence-electron chi connectivity index (χ3n) is 3.25. The van der Waals surface area contributed by atoms with Gasteiger partial charge in [0.15, 0.2) is 0 Å². The van der Waals surface area contributed by atoms with Crippen LogP contribution in [0.4, 0.5) is 0 Å². The lowest BCUT2D eigenvalue weighted by Gasteiger charge is -2.21. The molecule has 0 saturated heterocycles. The van der Waals surface area contributed by atoms with E-state index >= 15 is 0 Å². The number of carbonyl (C=O) groups excluding carboxylic acids is 1. The summed E-state index contributed by atoms with van der Waals surface area (Å²) in [6.45, 7) is 0. The molecule has 0 bridgehead atoms. The molecule has 2 rings (SSSR count). The van der Waals surface area contributed by atoms with Gasteiger partial charge in [-0.05, 0) is 31.2 Å². The Labute approximate surface area is 108 Å². The molecule has 1 aliphatic rings. The lowest BCUT2D eigenvalue weighted by atomic mass is 10.0. The molecule has 0 fully saturated rings. The Bertz CT molecular complexity index is 414. The molecule has 3 N–H and O–H groups in total. The number of benzene rings is 1. The summed E-state index contributed by atoms with van der Waals surface area (Å²) in [6, 6.07) is 9.68. The molecule has 96 valence electrons. The van der Waals surface area contributed by atoms with Crippen LogP contribution < -0.4 is 11.1 Å². The van der Waals surface area contributed by atoms with Crippen molar-refractivity contribution >= 4 is 5.91 Å². The first-order valence-electron chi connectivity index (χ1n) is 6.50. The minimum atomic E-state index is -0.460. The molecule has 0 radical (unpaired) electrons. The van der Waals surface area contributed by atoms with Gasteiger partial charge in [0.1, 0.15) is 0 Å². The summed E-state index contributed by atoms with van der Waals surface area (Å²) < 4.78 is 0. The molecule has 1 aliphatic carbocycles. The van der Waals surface area contributed by atoms with Crippen LogP contribution in [0.1, 0.15) is 24.8 Å². The number of nitrogens with one attached hydrogen (secondary N) is 1. The summed E-state index contributed by atoms with van der Waals surface area (Å²) in [4.78, 5) is 12.0. The first kappa shape index (κ1) is 12.8. The van der Waals surface area contributed by atoms with E-state index in [9.17, 15) is 4.79 Å². The van der Waals surface area contributed by atoms with Gasteiger partial charge < -0.3 is 11.1 Å². The number of rotatable bonds is 4. The van der Waals surface area contributed by atoms with E-state index in [-0.39, 0.29) is 11.9 Å². The topological polar surface area (TPSA) is 55.1 Å². The smallest absolute Gasteiger partial charge is 0.237 e. The third kappa shape index (κ3) is 3.70. The standard InChI is InChI=1S/C15H20N2O/c16-14(11-12-7-3-1-4-8-12)15(18)17-13-9-5-2-6-10-13/h1-5,7-8,13-14H,6,9-11,16H2,(H,17,18). The Hall–Kier alpha value is -1.61. The van der Waals surface area contributed by atoms with Crippen LogP contribution in [0.15, 0.2) is 42.5 Å². The van der Waals surface area contributed by atoms with Gasteiger partial charge in [-0.1, -0.05) is 42.5 Å². The van der Waals surface area contributed by atoms with E-state index in [4.69, 9.17) is 5.73 Å². The van der Waals surface area contributed by atoms with Crippen molar-refractivity contribution < 1.29 is 4.79 Å². The van der Waals surface area contributed by atoms with E-state index in [2.05, 4.69) is 17.5 Å². The van der Waals surface area contributed by atoms with Crippen LogP contribution >= 0.6 is 0 Å². The first-order chi connectivity index (χ1) is 8.75. The molecule has 3 nitrogen and oxygen atoms in total. The van der Waals surface area contributed by atoms with Crippen molar-refractivity contribution in [3.8, 4) is 0 Å². The summed E-state index contributed by atoms with van der Waals surface area (Å²) in [7, 11) is 0. The van der Waals surface area contributed by atoms with Crippen molar-refractivity contribution in [2.75, 3.05) is 0 Å². The molecular formula is C15H20N2O. The zero-order valence-corrected chi connectivity index (χ0v) is 10.5. The Morgan fingerprint density at radius 1 is 1.33 bits per heavy atom. The largest absolute Gasteiger partial charge is 0.352 e. The minimum absolute atomic E-state index is 0.0425. The lowest BCUT2D eigenvalue weighted by Crippen LogP contribution is -2.46.